The first-order valence-electron chi connectivity index (χ1n) is 23.1. The van der Waals surface area contributed by atoms with Crippen LogP contribution in [0.4, 0.5) is 0 Å². The molecule has 7 aromatic carbocycles. The maximum absolute atomic E-state index is 5.39. The van der Waals surface area contributed by atoms with Gasteiger partial charge in [0, 0.05) is 28.0 Å². The van der Waals surface area contributed by atoms with Gasteiger partial charge in [0.2, 0.25) is 0 Å². The van der Waals surface area contributed by atoms with Crippen LogP contribution in [0.5, 0.6) is 0 Å². The Bertz CT molecular complexity index is 3040. The fourth-order valence-corrected chi connectivity index (χ4v) is 11.9. The zero-order chi connectivity index (χ0) is 42.1. The Morgan fingerprint density at radius 1 is 0.524 bits per heavy atom. The van der Waals surface area contributed by atoms with Crippen molar-refractivity contribution in [3.05, 3.63) is 233 Å². The summed E-state index contributed by atoms with van der Waals surface area (Å²) in [4.78, 5) is 5.39. The standard InChI is InChI=1S/C61H52N2/c1-60(2)52-27-11-10-25-49(52)50-37-55-51(38-54(50)60)58-48(26-16-28-53(58)61(55)33-12-5-13-34-61)46-23-14-21-44(35-46)45-22-15-24-47(36-45)57-39-56(62-59(63-57)43-19-8-4-9-20-43)42-31-29-41(30-32-42)40-17-6-3-7-18-40/h3-4,6-11,14-32,35,37-39,45,57H,5,12-13,33-34,36H2,1-2H3,(H,62,63). The zero-order valence-corrected chi connectivity index (χ0v) is 36.2. The van der Waals surface area contributed by atoms with Gasteiger partial charge in [-0.2, -0.15) is 0 Å². The van der Waals surface area contributed by atoms with Gasteiger partial charge in [0.25, 0.3) is 0 Å². The van der Waals surface area contributed by atoms with E-state index in [-0.39, 0.29) is 22.8 Å². The fourth-order valence-electron chi connectivity index (χ4n) is 11.9. The smallest absolute Gasteiger partial charge is 0.133 e. The molecule has 2 heteroatoms. The van der Waals surface area contributed by atoms with Crippen LogP contribution >= 0.6 is 0 Å². The van der Waals surface area contributed by atoms with Crippen LogP contribution in [0.25, 0.3) is 50.2 Å². The second kappa shape index (κ2) is 15.0. The minimum Gasteiger partial charge on any atom is -0.340 e. The zero-order valence-electron chi connectivity index (χ0n) is 36.2. The first-order chi connectivity index (χ1) is 30.9. The van der Waals surface area contributed by atoms with E-state index in [1.165, 1.54) is 98.9 Å². The molecule has 1 spiro atoms. The van der Waals surface area contributed by atoms with Gasteiger partial charge >= 0.3 is 0 Å². The quantitative estimate of drug-likeness (QED) is 0.178. The highest BCUT2D eigenvalue weighted by Gasteiger charge is 2.47. The normalized spacial score (nSPS) is 19.8. The molecule has 0 saturated heterocycles. The minimum atomic E-state index is -0.0846. The van der Waals surface area contributed by atoms with Crippen molar-refractivity contribution in [1.29, 1.82) is 0 Å². The molecule has 306 valence electrons. The molecule has 2 atom stereocenters. The van der Waals surface area contributed by atoms with Crippen molar-refractivity contribution in [3.63, 3.8) is 0 Å². The summed E-state index contributed by atoms with van der Waals surface area (Å²) in [6, 6.07) is 61.0. The SMILES string of the molecule is CC1(C)c2ccccc2-c2cc3c(cc21)-c1c(-c2cccc(C4C=CC=C(C5C=C(c6ccc(-c7ccccc7)cc6)NC(c6ccccc6)=N5)C4)c2)cccc1C31CCCCC1. The molecule has 7 aromatic rings. The number of aliphatic imine (C=N–C) groups is 1. The third-order valence-electron chi connectivity index (χ3n) is 15.1. The van der Waals surface area contributed by atoms with Crippen LogP contribution in [0.1, 0.15) is 97.2 Å². The monoisotopic (exact) mass is 812 g/mol. The highest BCUT2D eigenvalue weighted by Crippen LogP contribution is 2.61. The molecule has 12 rings (SSSR count). The van der Waals surface area contributed by atoms with Crippen molar-refractivity contribution >= 4 is 11.5 Å². The van der Waals surface area contributed by atoms with Crippen molar-refractivity contribution in [2.75, 3.05) is 0 Å². The number of amidine groups is 1. The first-order valence-corrected chi connectivity index (χ1v) is 23.1. The summed E-state index contributed by atoms with van der Waals surface area (Å²) < 4.78 is 0. The number of hydrogen-bond acceptors (Lipinski definition) is 2. The number of benzene rings is 7. The van der Waals surface area contributed by atoms with E-state index in [0.717, 1.165) is 29.1 Å². The molecule has 1 N–H and O–H groups in total. The third kappa shape index (κ3) is 6.25. The van der Waals surface area contributed by atoms with E-state index in [0.29, 0.717) is 0 Å². The minimum absolute atomic E-state index is 0.0416. The molecule has 0 radical (unpaired) electrons. The molecule has 2 unspecified atom stereocenters. The van der Waals surface area contributed by atoms with Gasteiger partial charge in [-0.25, -0.2) is 0 Å². The average molecular weight is 813 g/mol. The Labute approximate surface area is 372 Å². The summed E-state index contributed by atoms with van der Waals surface area (Å²) in [5.74, 6) is 1.15. The molecule has 1 aliphatic heterocycles. The van der Waals surface area contributed by atoms with Gasteiger partial charge in [-0.3, -0.25) is 4.99 Å². The number of rotatable bonds is 6. The Hall–Kier alpha value is -6.77. The molecule has 1 saturated carbocycles. The van der Waals surface area contributed by atoms with E-state index in [4.69, 9.17) is 4.99 Å². The van der Waals surface area contributed by atoms with E-state index in [1.807, 2.05) is 0 Å². The molecule has 0 bridgehead atoms. The number of nitrogens with one attached hydrogen (secondary N) is 1. The lowest BCUT2D eigenvalue weighted by molar-refractivity contribution is 0.353. The number of nitrogens with zero attached hydrogens (tertiary/aromatic N) is 1. The van der Waals surface area contributed by atoms with Gasteiger partial charge in [-0.05, 0) is 121 Å². The van der Waals surface area contributed by atoms with Crippen molar-refractivity contribution in [1.82, 2.24) is 5.32 Å². The maximum Gasteiger partial charge on any atom is 0.133 e. The average Bonchev–Trinajstić information content (AvgIpc) is 3.74. The largest absolute Gasteiger partial charge is 0.340 e. The number of hydrogen-bond donors (Lipinski definition) is 1. The summed E-state index contributed by atoms with van der Waals surface area (Å²) >= 11 is 0. The van der Waals surface area contributed by atoms with E-state index in [2.05, 4.69) is 207 Å². The molecule has 0 amide bonds. The molecule has 5 aliphatic rings. The van der Waals surface area contributed by atoms with E-state index < -0.39 is 0 Å². The topological polar surface area (TPSA) is 24.4 Å². The molecular formula is C61H52N2. The summed E-state index contributed by atoms with van der Waals surface area (Å²) in [6.45, 7) is 4.84. The second-order valence-electron chi connectivity index (χ2n) is 19.0. The number of allylic oxidation sites excluding steroid dienone is 3. The summed E-state index contributed by atoms with van der Waals surface area (Å²) in [6.07, 6.45) is 16.5. The van der Waals surface area contributed by atoms with Crippen molar-refractivity contribution < 1.29 is 0 Å². The van der Waals surface area contributed by atoms with Crippen molar-refractivity contribution in [3.8, 4) is 44.5 Å². The number of fused-ring (bicyclic) bond motifs is 8. The lowest BCUT2D eigenvalue weighted by Gasteiger charge is -2.36. The fraction of sp³-hybridized carbons (Fsp3) is 0.197. The Morgan fingerprint density at radius 3 is 1.98 bits per heavy atom. The molecule has 1 heterocycles. The predicted molar refractivity (Wildman–Crippen MR) is 263 cm³/mol. The lowest BCUT2D eigenvalue weighted by Crippen LogP contribution is -2.30. The summed E-state index contributed by atoms with van der Waals surface area (Å²) in [5.41, 5.74) is 23.0. The highest BCUT2D eigenvalue weighted by atomic mass is 15.0. The summed E-state index contributed by atoms with van der Waals surface area (Å²) in [5, 5.41) is 3.72. The first kappa shape index (κ1) is 37.9. The van der Waals surface area contributed by atoms with Crippen LogP contribution in [0.2, 0.25) is 0 Å². The van der Waals surface area contributed by atoms with Crippen LogP contribution in [-0.2, 0) is 10.8 Å². The maximum atomic E-state index is 5.39. The molecule has 0 aromatic heterocycles. The lowest BCUT2D eigenvalue weighted by atomic mass is 9.67. The molecule has 2 nitrogen and oxygen atoms in total. The van der Waals surface area contributed by atoms with E-state index in [1.54, 1.807) is 11.1 Å². The van der Waals surface area contributed by atoms with Gasteiger partial charge in [0.1, 0.15) is 5.84 Å². The van der Waals surface area contributed by atoms with Crippen LogP contribution in [0.15, 0.2) is 199 Å². The van der Waals surface area contributed by atoms with Gasteiger partial charge < -0.3 is 5.32 Å². The molecular weight excluding hydrogens is 761 g/mol. The van der Waals surface area contributed by atoms with Crippen LogP contribution in [-0.4, -0.2) is 11.9 Å². The Kier molecular flexibility index (Phi) is 9.01. The van der Waals surface area contributed by atoms with Gasteiger partial charge in [0.05, 0.1) is 6.04 Å². The van der Waals surface area contributed by atoms with E-state index >= 15 is 0 Å². The van der Waals surface area contributed by atoms with Crippen molar-refractivity contribution in [2.45, 2.75) is 75.2 Å². The van der Waals surface area contributed by atoms with Crippen LogP contribution in [0.3, 0.4) is 0 Å². The van der Waals surface area contributed by atoms with E-state index in [9.17, 15) is 0 Å². The molecule has 63 heavy (non-hydrogen) atoms. The van der Waals surface area contributed by atoms with Gasteiger partial charge in [-0.15, -0.1) is 0 Å². The van der Waals surface area contributed by atoms with Crippen LogP contribution < -0.4 is 5.32 Å². The van der Waals surface area contributed by atoms with Gasteiger partial charge in [-0.1, -0.05) is 203 Å². The molecule has 1 fully saturated rings. The van der Waals surface area contributed by atoms with Crippen LogP contribution in [0, 0.1) is 0 Å². The second-order valence-corrected chi connectivity index (χ2v) is 19.0. The Morgan fingerprint density at radius 2 is 1.17 bits per heavy atom. The van der Waals surface area contributed by atoms with Gasteiger partial charge in [0.15, 0.2) is 0 Å². The van der Waals surface area contributed by atoms with Crippen molar-refractivity contribution in [2.24, 2.45) is 4.99 Å². The highest BCUT2D eigenvalue weighted by molar-refractivity contribution is 6.05. The third-order valence-corrected chi connectivity index (χ3v) is 15.1. The predicted octanol–water partition coefficient (Wildman–Crippen LogP) is 15.0. The molecule has 4 aliphatic carbocycles. The Balaban J connectivity index is 0.895. The summed E-state index contributed by atoms with van der Waals surface area (Å²) in [7, 11) is 0.